The average Bonchev–Trinajstić information content (AvgIpc) is 3.87. The smallest absolute Gasteiger partial charge is 0.255 e. The minimum Gasteiger partial charge on any atom is -0.493 e. The summed E-state index contributed by atoms with van der Waals surface area (Å²) in [5, 5.41) is 26.4. The van der Waals surface area contributed by atoms with Crippen molar-refractivity contribution in [2.45, 2.75) is 99.5 Å². The Morgan fingerprint density at radius 2 is 1.73 bits per heavy atom. The number of imide groups is 1. The van der Waals surface area contributed by atoms with E-state index in [4.69, 9.17) is 27.9 Å². The normalized spacial score (nSPS) is 24.0. The highest BCUT2D eigenvalue weighted by atomic mass is 35.5. The first-order valence-electron chi connectivity index (χ1n) is 21.5. The van der Waals surface area contributed by atoms with Crippen molar-refractivity contribution in [2.75, 3.05) is 23.8 Å². The van der Waals surface area contributed by atoms with Gasteiger partial charge in [0.2, 0.25) is 23.6 Å². The van der Waals surface area contributed by atoms with Crippen LogP contribution in [0.15, 0.2) is 78.9 Å². The van der Waals surface area contributed by atoms with Crippen LogP contribution in [0.2, 0.25) is 10.0 Å². The van der Waals surface area contributed by atoms with Gasteiger partial charge in [0, 0.05) is 45.4 Å². The van der Waals surface area contributed by atoms with Gasteiger partial charge in [0.15, 0.2) is 0 Å². The van der Waals surface area contributed by atoms with Crippen LogP contribution in [0.5, 0.6) is 5.75 Å². The summed E-state index contributed by atoms with van der Waals surface area (Å²) < 4.78 is 22.3. The highest BCUT2D eigenvalue weighted by Gasteiger charge is 2.72. The number of anilines is 2. The molecule has 63 heavy (non-hydrogen) atoms. The molecule has 328 valence electrons. The van der Waals surface area contributed by atoms with Crippen LogP contribution in [0.4, 0.5) is 15.8 Å². The molecule has 0 aromatic heterocycles. The van der Waals surface area contributed by atoms with E-state index in [1.165, 1.54) is 11.0 Å². The fraction of sp³-hybridized carbons (Fsp3) is 0.383. The number of aliphatic hydroxyl groups is 1. The minimum absolute atomic E-state index is 0.104. The van der Waals surface area contributed by atoms with Gasteiger partial charge in [-0.25, -0.2) is 4.39 Å². The van der Waals surface area contributed by atoms with Crippen molar-refractivity contribution in [1.29, 1.82) is 0 Å². The molecule has 4 aliphatic heterocycles. The molecule has 1 saturated carbocycles. The van der Waals surface area contributed by atoms with E-state index < -0.39 is 52.8 Å². The molecule has 13 nitrogen and oxygen atoms in total. The van der Waals surface area contributed by atoms with Gasteiger partial charge in [-0.05, 0) is 97.8 Å². The molecular weight excluding hydrogens is 850 g/mol. The number of hydrogen-bond donors (Lipinski definition) is 6. The van der Waals surface area contributed by atoms with E-state index in [1.54, 1.807) is 66.7 Å². The Morgan fingerprint density at radius 3 is 2.51 bits per heavy atom. The quantitative estimate of drug-likeness (QED) is 0.0518. The lowest BCUT2D eigenvalue weighted by molar-refractivity contribution is -0.137. The van der Waals surface area contributed by atoms with Gasteiger partial charge in [-0.3, -0.25) is 39.9 Å². The number of rotatable bonds is 12. The number of carbonyl (C=O) groups excluding carboxylic acids is 5. The average molecular weight is 898 g/mol. The van der Waals surface area contributed by atoms with Crippen LogP contribution >= 0.6 is 23.2 Å². The van der Waals surface area contributed by atoms with Crippen LogP contribution < -0.4 is 31.3 Å². The van der Waals surface area contributed by atoms with Crippen molar-refractivity contribution in [2.24, 2.45) is 0 Å². The molecule has 2 unspecified atom stereocenters. The molecule has 4 heterocycles. The number of carbonyl (C=O) groups is 5. The number of piperidine rings is 1. The van der Waals surface area contributed by atoms with Gasteiger partial charge < -0.3 is 25.4 Å². The number of unbranched alkanes of at least 4 members (excludes halogenated alkanes) is 1. The summed E-state index contributed by atoms with van der Waals surface area (Å²) in [6.07, 6.45) is 4.60. The number of benzene rings is 4. The van der Waals surface area contributed by atoms with E-state index in [0.717, 1.165) is 19.3 Å². The summed E-state index contributed by atoms with van der Waals surface area (Å²) >= 11 is 12.8. The van der Waals surface area contributed by atoms with Crippen LogP contribution in [0, 0.1) is 5.82 Å². The molecular formula is C47H47Cl2FN6O7. The molecule has 5 amide bonds. The Balaban J connectivity index is 0.835. The lowest BCUT2D eigenvalue weighted by Crippen LogP contribution is -2.60. The summed E-state index contributed by atoms with van der Waals surface area (Å²) in [6, 6.07) is 20.2. The molecule has 5 atom stereocenters. The SMILES string of the molecule is O=C1CCC(N2Cc3c(OCCCCNC(O)c4ccc(NC(=O)[C@@H]5NC6(CCCCC6)[C@@]6(C(=O)Nc7cc(Cl)ccc76)[C@H]5c5cccc(Cl)c5F)cc4)cccc3C2=O)C(=O)N1. The van der Waals surface area contributed by atoms with Crippen molar-refractivity contribution in [3.63, 3.8) is 0 Å². The standard InChI is InChI=1S/C47H47Cl2FN6O7/c48-27-14-17-32-34(24-27)53-45(62)47(32)38(30-9-6-10-33(49)39(30)50)40(55-46(47)20-2-1-3-21-46)43(60)52-28-15-12-26(13-16-28)41(58)51-22-4-5-23-63-36-11-7-8-29-31(36)25-56(44(29)61)35-18-19-37(57)54-42(35)59/h6-17,24,35,38,40-41,51,55,58H,1-5,18-23,25H2,(H,52,60)(H,53,62)(H,54,57,59)/t35?,38-,40+,41?,47+/m0/s1. The van der Waals surface area contributed by atoms with Crippen molar-refractivity contribution in [3.8, 4) is 5.75 Å². The summed E-state index contributed by atoms with van der Waals surface area (Å²) in [6.45, 7) is 1.06. The lowest BCUT2D eigenvalue weighted by Gasteiger charge is -2.47. The Kier molecular flexibility index (Phi) is 11.8. The zero-order chi connectivity index (χ0) is 44.0. The first kappa shape index (κ1) is 42.9. The Morgan fingerprint density at radius 1 is 0.952 bits per heavy atom. The maximum atomic E-state index is 16.2. The van der Waals surface area contributed by atoms with Crippen molar-refractivity contribution in [3.05, 3.63) is 123 Å². The van der Waals surface area contributed by atoms with E-state index in [-0.39, 0.29) is 47.7 Å². The molecule has 2 saturated heterocycles. The predicted molar refractivity (Wildman–Crippen MR) is 234 cm³/mol. The van der Waals surface area contributed by atoms with Crippen molar-refractivity contribution >= 4 is 64.1 Å². The first-order valence-corrected chi connectivity index (χ1v) is 22.2. The van der Waals surface area contributed by atoms with Crippen LogP contribution in [0.25, 0.3) is 0 Å². The molecule has 4 aromatic rings. The number of halogens is 3. The first-order chi connectivity index (χ1) is 30.4. The van der Waals surface area contributed by atoms with Gasteiger partial charge >= 0.3 is 0 Å². The number of ether oxygens (including phenoxy) is 1. The summed E-state index contributed by atoms with van der Waals surface area (Å²) in [7, 11) is 0. The lowest BCUT2D eigenvalue weighted by atomic mass is 9.55. The van der Waals surface area contributed by atoms with Crippen LogP contribution in [-0.4, -0.2) is 70.3 Å². The van der Waals surface area contributed by atoms with E-state index >= 15 is 4.39 Å². The third-order valence-corrected chi connectivity index (χ3v) is 14.0. The second-order valence-electron chi connectivity index (χ2n) is 17.0. The number of fused-ring (bicyclic) bond motifs is 4. The molecule has 5 aliphatic rings. The molecule has 3 fully saturated rings. The summed E-state index contributed by atoms with van der Waals surface area (Å²) in [4.78, 5) is 67.9. The molecule has 4 aromatic carbocycles. The van der Waals surface area contributed by atoms with Gasteiger partial charge in [-0.2, -0.15) is 0 Å². The molecule has 2 spiro atoms. The largest absolute Gasteiger partial charge is 0.493 e. The van der Waals surface area contributed by atoms with E-state index in [1.807, 2.05) is 6.07 Å². The predicted octanol–water partition coefficient (Wildman–Crippen LogP) is 6.62. The van der Waals surface area contributed by atoms with Gasteiger partial charge in [0.05, 0.1) is 24.2 Å². The van der Waals surface area contributed by atoms with Crippen molar-refractivity contribution in [1.82, 2.24) is 20.9 Å². The fourth-order valence-electron chi connectivity index (χ4n) is 10.6. The maximum absolute atomic E-state index is 16.2. The summed E-state index contributed by atoms with van der Waals surface area (Å²) in [5.41, 5.74) is 1.38. The van der Waals surface area contributed by atoms with Gasteiger partial charge in [0.25, 0.3) is 5.91 Å². The molecule has 0 bridgehead atoms. The Labute approximate surface area is 373 Å². The van der Waals surface area contributed by atoms with Crippen molar-refractivity contribution < 1.29 is 38.2 Å². The van der Waals surface area contributed by atoms with Gasteiger partial charge in [-0.15, -0.1) is 0 Å². The van der Waals surface area contributed by atoms with E-state index in [9.17, 15) is 29.1 Å². The number of amides is 5. The molecule has 1 aliphatic carbocycles. The minimum atomic E-state index is -1.35. The second-order valence-corrected chi connectivity index (χ2v) is 17.9. The molecule has 6 N–H and O–H groups in total. The van der Waals surface area contributed by atoms with Crippen LogP contribution in [-0.2, 0) is 31.1 Å². The highest BCUT2D eigenvalue weighted by molar-refractivity contribution is 6.31. The molecule has 9 rings (SSSR count). The van der Waals surface area contributed by atoms with Gasteiger partial charge in [0.1, 0.15) is 29.3 Å². The topological polar surface area (TPSA) is 178 Å². The monoisotopic (exact) mass is 896 g/mol. The molecule has 16 heteroatoms. The molecule has 0 radical (unpaired) electrons. The number of hydrogen-bond acceptors (Lipinski definition) is 9. The van der Waals surface area contributed by atoms with E-state index in [0.29, 0.717) is 83.2 Å². The summed E-state index contributed by atoms with van der Waals surface area (Å²) in [5.74, 6) is -2.90. The zero-order valence-corrected chi connectivity index (χ0v) is 35.8. The number of aliphatic hydroxyl groups excluding tert-OH is 1. The van der Waals surface area contributed by atoms with Gasteiger partial charge in [-0.1, -0.05) is 78.9 Å². The number of nitrogens with one attached hydrogen (secondary N) is 5. The van der Waals surface area contributed by atoms with Crippen LogP contribution in [0.1, 0.15) is 103 Å². The fourth-order valence-corrected chi connectivity index (χ4v) is 11.0. The second kappa shape index (κ2) is 17.3. The third-order valence-electron chi connectivity index (χ3n) is 13.5. The zero-order valence-electron chi connectivity index (χ0n) is 34.3. The maximum Gasteiger partial charge on any atom is 0.255 e. The van der Waals surface area contributed by atoms with Crippen LogP contribution in [0.3, 0.4) is 0 Å². The Hall–Kier alpha value is -5.38. The van der Waals surface area contributed by atoms with E-state index in [2.05, 4.69) is 26.6 Å². The number of nitrogens with zero attached hydrogens (tertiary/aromatic N) is 1. The Bertz CT molecular complexity index is 2500. The highest BCUT2D eigenvalue weighted by Crippen LogP contribution is 2.63. The third kappa shape index (κ3) is 7.55.